The molecular weight excluding hydrogens is 316 g/mol. The largest absolute Gasteiger partial charge is 0.507 e. The van der Waals surface area contributed by atoms with E-state index in [9.17, 15) is 18.6 Å². The van der Waals surface area contributed by atoms with E-state index in [0.717, 1.165) is 9.98 Å². The van der Waals surface area contributed by atoms with Crippen LogP contribution in [0.4, 0.5) is 0 Å². The number of hydrazine groups is 1. The Morgan fingerprint density at radius 2 is 1.65 bits per heavy atom. The number of para-hydroxylation sites is 1. The third kappa shape index (κ3) is 3.23. The standard InChI is InChI=1S/C16H18N2O4S/c19-14-11-17(10-13-6-2-1-3-7-13)18(12-14)23(21,22)16-9-5-4-8-15(16)20/h1-9,14,19-20H,10-12H2. The maximum atomic E-state index is 12.8. The zero-order chi connectivity index (χ0) is 16.4. The number of rotatable bonds is 4. The molecule has 0 spiro atoms. The van der Waals surface area contributed by atoms with Gasteiger partial charge in [0.25, 0.3) is 10.0 Å². The molecule has 1 aliphatic heterocycles. The molecule has 1 saturated heterocycles. The van der Waals surface area contributed by atoms with E-state index in [1.807, 2.05) is 30.3 Å². The minimum Gasteiger partial charge on any atom is -0.507 e. The number of nitrogens with zero attached hydrogens (tertiary/aromatic N) is 2. The molecule has 2 N–H and O–H groups in total. The van der Waals surface area contributed by atoms with Gasteiger partial charge in [0.1, 0.15) is 10.6 Å². The van der Waals surface area contributed by atoms with Crippen molar-refractivity contribution in [2.45, 2.75) is 17.5 Å². The lowest BCUT2D eigenvalue weighted by Crippen LogP contribution is -2.40. The maximum Gasteiger partial charge on any atom is 0.259 e. The van der Waals surface area contributed by atoms with Crippen LogP contribution in [0.15, 0.2) is 59.5 Å². The Bertz CT molecular complexity index is 780. The van der Waals surface area contributed by atoms with Crippen molar-refractivity contribution in [3.8, 4) is 5.75 Å². The molecule has 1 heterocycles. The van der Waals surface area contributed by atoms with Gasteiger partial charge >= 0.3 is 0 Å². The minimum absolute atomic E-state index is 0.0243. The van der Waals surface area contributed by atoms with Crippen molar-refractivity contribution < 1.29 is 18.6 Å². The molecule has 0 aromatic heterocycles. The molecule has 3 rings (SSSR count). The van der Waals surface area contributed by atoms with Crippen LogP contribution in [0, 0.1) is 0 Å². The van der Waals surface area contributed by atoms with Crippen LogP contribution in [0.25, 0.3) is 0 Å². The lowest BCUT2D eigenvalue weighted by atomic mass is 10.2. The van der Waals surface area contributed by atoms with Crippen molar-refractivity contribution in [2.75, 3.05) is 13.1 Å². The molecular formula is C16H18N2O4S. The third-order valence-corrected chi connectivity index (χ3v) is 5.57. The first kappa shape index (κ1) is 15.9. The van der Waals surface area contributed by atoms with Crippen LogP contribution in [0.1, 0.15) is 5.56 Å². The molecule has 1 unspecified atom stereocenters. The van der Waals surface area contributed by atoms with Gasteiger partial charge in [-0.1, -0.05) is 42.5 Å². The summed E-state index contributed by atoms with van der Waals surface area (Å²) in [4.78, 5) is -0.160. The normalized spacial score (nSPS) is 20.0. The maximum absolute atomic E-state index is 12.8. The summed E-state index contributed by atoms with van der Waals surface area (Å²) in [7, 11) is -3.92. The predicted octanol–water partition coefficient (Wildman–Crippen LogP) is 1.17. The second-order valence-electron chi connectivity index (χ2n) is 5.46. The lowest BCUT2D eigenvalue weighted by molar-refractivity contribution is 0.107. The highest BCUT2D eigenvalue weighted by Crippen LogP contribution is 2.29. The van der Waals surface area contributed by atoms with E-state index in [4.69, 9.17) is 0 Å². The summed E-state index contributed by atoms with van der Waals surface area (Å²) in [5.74, 6) is -0.298. The van der Waals surface area contributed by atoms with Crippen LogP contribution in [0.5, 0.6) is 5.75 Å². The van der Waals surface area contributed by atoms with Crippen LogP contribution in [-0.4, -0.2) is 47.2 Å². The Kier molecular flexibility index (Phi) is 4.36. The van der Waals surface area contributed by atoms with E-state index >= 15 is 0 Å². The van der Waals surface area contributed by atoms with E-state index in [1.165, 1.54) is 12.1 Å². The van der Waals surface area contributed by atoms with Crippen molar-refractivity contribution >= 4 is 10.0 Å². The summed E-state index contributed by atoms with van der Waals surface area (Å²) in [6.07, 6.45) is -0.764. The fourth-order valence-electron chi connectivity index (χ4n) is 2.66. The zero-order valence-corrected chi connectivity index (χ0v) is 13.2. The van der Waals surface area contributed by atoms with Gasteiger partial charge in [0.05, 0.1) is 12.6 Å². The molecule has 7 heteroatoms. The highest BCUT2D eigenvalue weighted by atomic mass is 32.2. The van der Waals surface area contributed by atoms with Gasteiger partial charge in [0.15, 0.2) is 0 Å². The van der Waals surface area contributed by atoms with Crippen molar-refractivity contribution in [3.05, 3.63) is 60.2 Å². The first-order valence-electron chi connectivity index (χ1n) is 7.26. The van der Waals surface area contributed by atoms with Crippen LogP contribution in [0.3, 0.4) is 0 Å². The van der Waals surface area contributed by atoms with Gasteiger partial charge in [-0.2, -0.15) is 0 Å². The number of aromatic hydroxyl groups is 1. The Balaban J connectivity index is 1.91. The molecule has 2 aromatic carbocycles. The van der Waals surface area contributed by atoms with Gasteiger partial charge in [-0.05, 0) is 17.7 Å². The van der Waals surface area contributed by atoms with Crippen LogP contribution >= 0.6 is 0 Å². The smallest absolute Gasteiger partial charge is 0.259 e. The molecule has 0 aliphatic carbocycles. The van der Waals surface area contributed by atoms with Gasteiger partial charge in [0.2, 0.25) is 0 Å². The summed E-state index contributed by atoms with van der Waals surface area (Å²) in [6, 6.07) is 15.3. The van der Waals surface area contributed by atoms with E-state index in [2.05, 4.69) is 0 Å². The average molecular weight is 334 g/mol. The molecule has 1 atom stereocenters. The molecule has 1 fully saturated rings. The summed E-state index contributed by atoms with van der Waals surface area (Å²) >= 11 is 0. The molecule has 1 aliphatic rings. The molecule has 0 radical (unpaired) electrons. The molecule has 0 saturated carbocycles. The Morgan fingerprint density at radius 1 is 1.00 bits per heavy atom. The molecule has 0 amide bonds. The lowest BCUT2D eigenvalue weighted by Gasteiger charge is -2.27. The van der Waals surface area contributed by atoms with E-state index in [0.29, 0.717) is 6.54 Å². The quantitative estimate of drug-likeness (QED) is 0.877. The fraction of sp³-hybridized carbons (Fsp3) is 0.250. The van der Waals surface area contributed by atoms with Crippen molar-refractivity contribution in [1.82, 2.24) is 9.42 Å². The number of aliphatic hydroxyl groups is 1. The summed E-state index contributed by atoms with van der Waals surface area (Å²) in [5, 5.41) is 21.4. The van der Waals surface area contributed by atoms with Gasteiger partial charge < -0.3 is 10.2 Å². The first-order chi connectivity index (χ1) is 11.0. The number of phenols is 1. The topological polar surface area (TPSA) is 81.1 Å². The predicted molar refractivity (Wildman–Crippen MR) is 84.9 cm³/mol. The Labute approximate surface area is 135 Å². The average Bonchev–Trinajstić information content (AvgIpc) is 2.90. The second kappa shape index (κ2) is 6.29. The number of β-amino-alcohol motifs (C(OH)–C–C–N with tert-alkyl or cyclic N) is 1. The van der Waals surface area contributed by atoms with Gasteiger partial charge in [-0.3, -0.25) is 0 Å². The van der Waals surface area contributed by atoms with Gasteiger partial charge in [-0.25, -0.2) is 13.4 Å². The van der Waals surface area contributed by atoms with Crippen molar-refractivity contribution in [1.29, 1.82) is 0 Å². The summed E-state index contributed by atoms with van der Waals surface area (Å²) < 4.78 is 26.8. The van der Waals surface area contributed by atoms with E-state index in [1.54, 1.807) is 17.1 Å². The zero-order valence-electron chi connectivity index (χ0n) is 12.4. The molecule has 23 heavy (non-hydrogen) atoms. The summed E-state index contributed by atoms with van der Waals surface area (Å²) in [5.41, 5.74) is 0.944. The SMILES string of the molecule is O=S(=O)(c1ccccc1O)N1CC(O)CN1Cc1ccccc1. The summed E-state index contributed by atoms with van der Waals surface area (Å²) in [6.45, 7) is 0.565. The van der Waals surface area contributed by atoms with E-state index in [-0.39, 0.29) is 23.7 Å². The molecule has 6 nitrogen and oxygen atoms in total. The minimum atomic E-state index is -3.92. The number of benzene rings is 2. The number of aliphatic hydroxyl groups excluding tert-OH is 1. The molecule has 122 valence electrons. The monoisotopic (exact) mass is 334 g/mol. The molecule has 2 aromatic rings. The van der Waals surface area contributed by atoms with Gasteiger partial charge in [0, 0.05) is 13.1 Å². The van der Waals surface area contributed by atoms with Crippen molar-refractivity contribution in [3.63, 3.8) is 0 Å². The van der Waals surface area contributed by atoms with Crippen LogP contribution < -0.4 is 0 Å². The third-order valence-electron chi connectivity index (χ3n) is 3.73. The molecule has 0 bridgehead atoms. The van der Waals surface area contributed by atoms with E-state index < -0.39 is 16.1 Å². The van der Waals surface area contributed by atoms with Crippen LogP contribution in [-0.2, 0) is 16.6 Å². The van der Waals surface area contributed by atoms with Crippen molar-refractivity contribution in [2.24, 2.45) is 0 Å². The first-order valence-corrected chi connectivity index (χ1v) is 8.70. The fourth-order valence-corrected chi connectivity index (χ4v) is 4.27. The number of hydrogen-bond acceptors (Lipinski definition) is 5. The second-order valence-corrected chi connectivity index (χ2v) is 7.28. The number of hydrogen-bond donors (Lipinski definition) is 2. The highest BCUT2D eigenvalue weighted by Gasteiger charge is 2.39. The Hall–Kier alpha value is -1.93. The number of phenolic OH excluding ortho intramolecular Hbond substituents is 1. The Morgan fingerprint density at radius 3 is 2.35 bits per heavy atom. The highest BCUT2D eigenvalue weighted by molar-refractivity contribution is 7.89. The van der Waals surface area contributed by atoms with Crippen LogP contribution in [0.2, 0.25) is 0 Å². The number of sulfonamides is 1. The van der Waals surface area contributed by atoms with Gasteiger partial charge in [-0.15, -0.1) is 4.41 Å².